The Kier molecular flexibility index (Phi) is 5.93. The lowest BCUT2D eigenvalue weighted by Crippen LogP contribution is -2.38. The van der Waals surface area contributed by atoms with Gasteiger partial charge in [0.2, 0.25) is 5.91 Å². The standard InChI is InChI=1S/C24H29N3O3/c1-17(2)16-22(28)26-12-7-13-27(15-14-26)24-18-8-6-11-21(29-3)23(18)30-20-10-5-4-9-19(20)25-24/h4-6,8-11,17H,7,12-16H2,1-3H3. The summed E-state index contributed by atoms with van der Waals surface area (Å²) >= 11 is 0. The van der Waals surface area contributed by atoms with Crippen molar-refractivity contribution < 1.29 is 14.3 Å². The minimum absolute atomic E-state index is 0.241. The Hall–Kier alpha value is -3.02. The summed E-state index contributed by atoms with van der Waals surface area (Å²) in [4.78, 5) is 21.8. The largest absolute Gasteiger partial charge is 0.493 e. The van der Waals surface area contributed by atoms with Crippen molar-refractivity contribution in [3.63, 3.8) is 0 Å². The van der Waals surface area contributed by atoms with Crippen LogP contribution in [-0.2, 0) is 4.79 Å². The zero-order chi connectivity index (χ0) is 21.1. The van der Waals surface area contributed by atoms with Gasteiger partial charge in [-0.3, -0.25) is 4.79 Å². The fraction of sp³-hybridized carbons (Fsp3) is 0.417. The number of rotatable bonds is 3. The number of hydrogen-bond donors (Lipinski definition) is 0. The number of carbonyl (C=O) groups is 1. The minimum atomic E-state index is 0.241. The first kappa shape index (κ1) is 20.3. The Balaban J connectivity index is 1.67. The van der Waals surface area contributed by atoms with Crippen LogP contribution in [0.3, 0.4) is 0 Å². The Bertz CT molecular complexity index is 954. The zero-order valence-electron chi connectivity index (χ0n) is 17.9. The quantitative estimate of drug-likeness (QED) is 0.754. The molecule has 2 aliphatic rings. The van der Waals surface area contributed by atoms with Crippen molar-refractivity contribution in [2.45, 2.75) is 26.7 Å². The van der Waals surface area contributed by atoms with Gasteiger partial charge in [0.1, 0.15) is 11.5 Å². The Morgan fingerprint density at radius 1 is 1.10 bits per heavy atom. The van der Waals surface area contributed by atoms with Crippen molar-refractivity contribution in [1.82, 2.24) is 9.80 Å². The second kappa shape index (κ2) is 8.78. The molecule has 2 heterocycles. The molecule has 30 heavy (non-hydrogen) atoms. The van der Waals surface area contributed by atoms with Crippen molar-refractivity contribution in [1.29, 1.82) is 0 Å². The predicted octanol–water partition coefficient (Wildman–Crippen LogP) is 4.46. The van der Waals surface area contributed by atoms with E-state index in [1.807, 2.05) is 47.4 Å². The van der Waals surface area contributed by atoms with Crippen molar-refractivity contribution in [3.05, 3.63) is 48.0 Å². The van der Waals surface area contributed by atoms with Gasteiger partial charge in [-0.25, -0.2) is 4.99 Å². The molecule has 4 rings (SSSR count). The van der Waals surface area contributed by atoms with Crippen LogP contribution in [0.15, 0.2) is 47.5 Å². The average molecular weight is 408 g/mol. The molecule has 1 saturated heterocycles. The normalized spacial score (nSPS) is 16.1. The number of ether oxygens (including phenoxy) is 2. The van der Waals surface area contributed by atoms with E-state index in [-0.39, 0.29) is 5.91 Å². The van der Waals surface area contributed by atoms with Crippen molar-refractivity contribution in [2.75, 3.05) is 33.3 Å². The van der Waals surface area contributed by atoms with Gasteiger partial charge in [-0.05, 0) is 36.6 Å². The summed E-state index contributed by atoms with van der Waals surface area (Å²) in [7, 11) is 1.65. The third kappa shape index (κ3) is 4.13. The number of amidine groups is 1. The third-order valence-electron chi connectivity index (χ3n) is 5.47. The molecule has 0 unspecified atom stereocenters. The Morgan fingerprint density at radius 3 is 2.73 bits per heavy atom. The highest BCUT2D eigenvalue weighted by Crippen LogP contribution is 2.42. The highest BCUT2D eigenvalue weighted by atomic mass is 16.5. The number of carbonyl (C=O) groups excluding carboxylic acids is 1. The minimum Gasteiger partial charge on any atom is -0.493 e. The number of fused-ring (bicyclic) bond motifs is 2. The molecule has 1 fully saturated rings. The third-order valence-corrected chi connectivity index (χ3v) is 5.47. The van der Waals surface area contributed by atoms with E-state index in [9.17, 15) is 4.79 Å². The molecule has 0 aromatic heterocycles. The summed E-state index contributed by atoms with van der Waals surface area (Å²) in [6.07, 6.45) is 1.51. The van der Waals surface area contributed by atoms with Crippen LogP contribution < -0.4 is 9.47 Å². The van der Waals surface area contributed by atoms with E-state index in [0.29, 0.717) is 36.1 Å². The molecule has 2 aromatic rings. The number of methoxy groups -OCH3 is 1. The van der Waals surface area contributed by atoms with E-state index in [0.717, 1.165) is 43.1 Å². The monoisotopic (exact) mass is 407 g/mol. The summed E-state index contributed by atoms with van der Waals surface area (Å²) in [5.74, 6) is 3.55. The maximum Gasteiger partial charge on any atom is 0.222 e. The summed E-state index contributed by atoms with van der Waals surface area (Å²) in [6, 6.07) is 13.7. The molecule has 0 spiro atoms. The molecule has 6 nitrogen and oxygen atoms in total. The van der Waals surface area contributed by atoms with E-state index in [4.69, 9.17) is 14.5 Å². The van der Waals surface area contributed by atoms with Gasteiger partial charge in [-0.15, -0.1) is 0 Å². The topological polar surface area (TPSA) is 54.4 Å². The molecule has 0 N–H and O–H groups in total. The van der Waals surface area contributed by atoms with Gasteiger partial charge in [0.05, 0.1) is 12.7 Å². The van der Waals surface area contributed by atoms with Gasteiger partial charge in [-0.2, -0.15) is 0 Å². The highest BCUT2D eigenvalue weighted by molar-refractivity contribution is 6.04. The first-order chi connectivity index (χ1) is 14.6. The van der Waals surface area contributed by atoms with E-state index >= 15 is 0 Å². The lowest BCUT2D eigenvalue weighted by atomic mass is 10.1. The summed E-state index contributed by atoms with van der Waals surface area (Å²) in [6.45, 7) is 7.23. The van der Waals surface area contributed by atoms with Gasteiger partial charge in [-0.1, -0.05) is 32.0 Å². The molecule has 158 valence electrons. The first-order valence-electron chi connectivity index (χ1n) is 10.6. The average Bonchev–Trinajstić information content (AvgIpc) is 3.07. The van der Waals surface area contributed by atoms with E-state index < -0.39 is 0 Å². The van der Waals surface area contributed by atoms with Crippen LogP contribution in [-0.4, -0.2) is 54.8 Å². The van der Waals surface area contributed by atoms with Crippen LogP contribution >= 0.6 is 0 Å². The van der Waals surface area contributed by atoms with Crippen LogP contribution in [0.2, 0.25) is 0 Å². The van der Waals surface area contributed by atoms with Gasteiger partial charge in [0.25, 0.3) is 0 Å². The first-order valence-corrected chi connectivity index (χ1v) is 10.6. The fourth-order valence-electron chi connectivity index (χ4n) is 3.98. The molecule has 2 aliphatic heterocycles. The molecular formula is C24H29N3O3. The number of hydrogen-bond acceptors (Lipinski definition) is 5. The summed E-state index contributed by atoms with van der Waals surface area (Å²) in [5, 5.41) is 0. The van der Waals surface area contributed by atoms with Crippen LogP contribution in [0.4, 0.5) is 5.69 Å². The fourth-order valence-corrected chi connectivity index (χ4v) is 3.98. The molecular weight excluding hydrogens is 378 g/mol. The lowest BCUT2D eigenvalue weighted by molar-refractivity contribution is -0.131. The van der Waals surface area contributed by atoms with Crippen LogP contribution in [0.1, 0.15) is 32.3 Å². The molecule has 0 radical (unpaired) electrons. The zero-order valence-corrected chi connectivity index (χ0v) is 17.9. The van der Waals surface area contributed by atoms with Crippen LogP contribution in [0, 0.1) is 5.92 Å². The van der Waals surface area contributed by atoms with Crippen LogP contribution in [0.25, 0.3) is 0 Å². The van der Waals surface area contributed by atoms with Gasteiger partial charge in [0.15, 0.2) is 17.2 Å². The number of benzene rings is 2. The maximum absolute atomic E-state index is 12.6. The van der Waals surface area contributed by atoms with Crippen LogP contribution in [0.5, 0.6) is 17.2 Å². The van der Waals surface area contributed by atoms with Crippen molar-refractivity contribution in [2.24, 2.45) is 10.9 Å². The molecule has 1 amide bonds. The van der Waals surface area contributed by atoms with Crippen molar-refractivity contribution in [3.8, 4) is 17.2 Å². The SMILES string of the molecule is COc1cccc2c1Oc1ccccc1N=C2N1CCCN(C(=O)CC(C)C)CC1. The van der Waals surface area contributed by atoms with Gasteiger partial charge >= 0.3 is 0 Å². The number of aliphatic imine (C=N–C) groups is 1. The molecule has 0 bridgehead atoms. The molecule has 0 saturated carbocycles. The Morgan fingerprint density at radius 2 is 1.93 bits per heavy atom. The van der Waals surface area contributed by atoms with E-state index in [1.54, 1.807) is 7.11 Å². The number of nitrogens with zero attached hydrogens (tertiary/aromatic N) is 3. The highest BCUT2D eigenvalue weighted by Gasteiger charge is 2.27. The second-order valence-electron chi connectivity index (χ2n) is 8.16. The number of amides is 1. The molecule has 0 atom stereocenters. The Labute approximate surface area is 178 Å². The van der Waals surface area contributed by atoms with Gasteiger partial charge in [0, 0.05) is 32.6 Å². The van der Waals surface area contributed by atoms with Gasteiger partial charge < -0.3 is 19.3 Å². The number of para-hydroxylation sites is 3. The lowest BCUT2D eigenvalue weighted by Gasteiger charge is -2.26. The molecule has 0 aliphatic carbocycles. The molecule has 6 heteroatoms. The predicted molar refractivity (Wildman–Crippen MR) is 118 cm³/mol. The second-order valence-corrected chi connectivity index (χ2v) is 8.16. The van der Waals surface area contributed by atoms with E-state index in [1.165, 1.54) is 0 Å². The van der Waals surface area contributed by atoms with E-state index in [2.05, 4.69) is 18.7 Å². The summed E-state index contributed by atoms with van der Waals surface area (Å²) in [5.41, 5.74) is 1.70. The van der Waals surface area contributed by atoms with Crippen molar-refractivity contribution >= 4 is 17.4 Å². The smallest absolute Gasteiger partial charge is 0.222 e. The molecule has 2 aromatic carbocycles. The maximum atomic E-state index is 12.6. The summed E-state index contributed by atoms with van der Waals surface area (Å²) < 4.78 is 11.8.